The van der Waals surface area contributed by atoms with Crippen LogP contribution in [-0.4, -0.2) is 43.8 Å². The van der Waals surface area contributed by atoms with Crippen LogP contribution < -0.4 is 10.6 Å². The molecule has 0 saturated carbocycles. The van der Waals surface area contributed by atoms with Crippen molar-refractivity contribution in [2.75, 3.05) is 27.2 Å². The number of ether oxygens (including phenoxy) is 1. The van der Waals surface area contributed by atoms with Crippen LogP contribution in [0.2, 0.25) is 0 Å². The van der Waals surface area contributed by atoms with E-state index in [1.54, 1.807) is 25.5 Å². The fraction of sp³-hybridized carbons (Fsp3) is 0.529. The van der Waals surface area contributed by atoms with Crippen molar-refractivity contribution >= 4 is 51.5 Å². The fourth-order valence-corrected chi connectivity index (χ4v) is 3.07. The molecule has 0 unspecified atom stereocenters. The van der Waals surface area contributed by atoms with Gasteiger partial charge in [-0.05, 0) is 32.4 Å². The van der Waals surface area contributed by atoms with Crippen LogP contribution in [-0.2, 0) is 11.2 Å². The highest BCUT2D eigenvalue weighted by atomic mass is 127. The number of aromatic nitrogens is 1. The zero-order valence-electron chi connectivity index (χ0n) is 14.8. The van der Waals surface area contributed by atoms with Crippen LogP contribution in [0, 0.1) is 0 Å². The van der Waals surface area contributed by atoms with Crippen LogP contribution in [0.4, 0.5) is 0 Å². The molecule has 24 heavy (non-hydrogen) atoms. The second-order valence-electron chi connectivity index (χ2n) is 6.00. The molecule has 2 rings (SSSR count). The Balaban J connectivity index is 0.00000288. The maximum Gasteiger partial charge on any atom is 0.191 e. The summed E-state index contributed by atoms with van der Waals surface area (Å²) in [5.74, 6) is 0.805. The topological polar surface area (TPSA) is 58.5 Å². The highest BCUT2D eigenvalue weighted by Gasteiger charge is 2.16. The van der Waals surface area contributed by atoms with Gasteiger partial charge < -0.3 is 15.4 Å². The van der Waals surface area contributed by atoms with E-state index in [2.05, 4.69) is 38.8 Å². The molecule has 0 spiro atoms. The van der Waals surface area contributed by atoms with Crippen molar-refractivity contribution < 1.29 is 4.74 Å². The number of methoxy groups -OCH3 is 1. The molecule has 2 N–H and O–H groups in total. The van der Waals surface area contributed by atoms with Gasteiger partial charge in [-0.1, -0.05) is 12.1 Å². The van der Waals surface area contributed by atoms with E-state index < -0.39 is 0 Å². The Kier molecular flexibility index (Phi) is 8.93. The van der Waals surface area contributed by atoms with Gasteiger partial charge in [0.2, 0.25) is 0 Å². The van der Waals surface area contributed by atoms with Gasteiger partial charge in [-0.15, -0.1) is 35.3 Å². The summed E-state index contributed by atoms with van der Waals surface area (Å²) in [7, 11) is 3.50. The number of fused-ring (bicyclic) bond motifs is 1. The Morgan fingerprint density at radius 3 is 2.71 bits per heavy atom. The van der Waals surface area contributed by atoms with Crippen molar-refractivity contribution in [1.29, 1.82) is 0 Å². The van der Waals surface area contributed by atoms with Gasteiger partial charge in [0.25, 0.3) is 0 Å². The second kappa shape index (κ2) is 10.1. The maximum atomic E-state index is 5.39. The number of nitrogens with zero attached hydrogens (tertiary/aromatic N) is 2. The lowest BCUT2D eigenvalue weighted by atomic mass is 10.1. The number of nitrogens with one attached hydrogen (secondary N) is 2. The molecule has 134 valence electrons. The summed E-state index contributed by atoms with van der Waals surface area (Å²) in [6, 6.07) is 8.28. The summed E-state index contributed by atoms with van der Waals surface area (Å²) < 4.78 is 6.65. The predicted molar refractivity (Wildman–Crippen MR) is 114 cm³/mol. The number of aliphatic imine (C=N–C) groups is 1. The summed E-state index contributed by atoms with van der Waals surface area (Å²) >= 11 is 1.78. The molecule has 0 atom stereocenters. The molecule has 0 aliphatic rings. The molecule has 0 saturated heterocycles. The molecule has 0 amide bonds. The first-order chi connectivity index (χ1) is 11.0. The van der Waals surface area contributed by atoms with Crippen molar-refractivity contribution in [1.82, 2.24) is 15.6 Å². The first kappa shape index (κ1) is 21.1. The molecule has 5 nitrogen and oxygen atoms in total. The number of hydrogen-bond donors (Lipinski definition) is 2. The van der Waals surface area contributed by atoms with Crippen LogP contribution in [0.25, 0.3) is 10.2 Å². The van der Waals surface area contributed by atoms with Crippen LogP contribution in [0.15, 0.2) is 29.3 Å². The minimum absolute atomic E-state index is 0. The Labute approximate surface area is 165 Å². The van der Waals surface area contributed by atoms with Crippen molar-refractivity contribution in [2.24, 2.45) is 4.99 Å². The lowest BCUT2D eigenvalue weighted by Crippen LogP contribution is -2.45. The molecule has 2 aromatic rings. The predicted octanol–water partition coefficient (Wildman–Crippen LogP) is 3.44. The fourth-order valence-electron chi connectivity index (χ4n) is 2.06. The Bertz CT molecular complexity index is 624. The SMILES string of the molecule is CN=C(NCCCc1nc2ccccc2s1)NCC(C)(C)OC.I. The second-order valence-corrected chi connectivity index (χ2v) is 7.11. The van der Waals surface area contributed by atoms with Crippen LogP contribution >= 0.6 is 35.3 Å². The smallest absolute Gasteiger partial charge is 0.191 e. The van der Waals surface area contributed by atoms with Crippen molar-refractivity contribution in [3.8, 4) is 0 Å². The molecular formula is C17H27IN4OS. The normalized spacial score (nSPS) is 12.1. The van der Waals surface area contributed by atoms with Gasteiger partial charge >= 0.3 is 0 Å². The molecular weight excluding hydrogens is 435 g/mol. The lowest BCUT2D eigenvalue weighted by molar-refractivity contribution is 0.0268. The number of rotatable bonds is 7. The Morgan fingerprint density at radius 2 is 2.04 bits per heavy atom. The molecule has 1 aromatic carbocycles. The average molecular weight is 462 g/mol. The summed E-state index contributed by atoms with van der Waals surface area (Å²) in [4.78, 5) is 8.89. The van der Waals surface area contributed by atoms with Crippen molar-refractivity contribution in [2.45, 2.75) is 32.3 Å². The number of hydrogen-bond acceptors (Lipinski definition) is 4. The quantitative estimate of drug-likeness (QED) is 0.287. The maximum absolute atomic E-state index is 5.39. The Hall–Kier alpha value is -0.930. The molecule has 0 fully saturated rings. The van der Waals surface area contributed by atoms with Gasteiger partial charge in [-0.3, -0.25) is 4.99 Å². The van der Waals surface area contributed by atoms with Crippen molar-refractivity contribution in [3.05, 3.63) is 29.3 Å². The Morgan fingerprint density at radius 1 is 1.29 bits per heavy atom. The average Bonchev–Trinajstić information content (AvgIpc) is 2.97. The standard InChI is InChI=1S/C17H26N4OS.HI/c1-17(2,22-4)12-20-16(18-3)19-11-7-10-15-21-13-8-5-6-9-14(13)23-15;/h5-6,8-9H,7,10-12H2,1-4H3,(H2,18,19,20);1H. The number of benzene rings is 1. The molecule has 0 aliphatic carbocycles. The van der Waals surface area contributed by atoms with Crippen molar-refractivity contribution in [3.63, 3.8) is 0 Å². The third-order valence-corrected chi connectivity index (χ3v) is 4.75. The van der Waals surface area contributed by atoms with Gasteiger partial charge in [0, 0.05) is 33.7 Å². The van der Waals surface area contributed by atoms with Gasteiger partial charge in [-0.2, -0.15) is 0 Å². The zero-order valence-corrected chi connectivity index (χ0v) is 17.9. The number of aryl methyl sites for hydroxylation is 1. The van der Waals surface area contributed by atoms with E-state index in [-0.39, 0.29) is 29.6 Å². The van der Waals surface area contributed by atoms with Gasteiger partial charge in [0.1, 0.15) is 0 Å². The van der Waals surface area contributed by atoms with Crippen LogP contribution in [0.3, 0.4) is 0 Å². The summed E-state index contributed by atoms with van der Waals surface area (Å²) in [5.41, 5.74) is 0.887. The monoisotopic (exact) mass is 462 g/mol. The number of guanidine groups is 1. The minimum Gasteiger partial charge on any atom is -0.377 e. The first-order valence-corrected chi connectivity index (χ1v) is 8.70. The molecule has 7 heteroatoms. The highest BCUT2D eigenvalue weighted by molar-refractivity contribution is 14.0. The molecule has 0 bridgehead atoms. The summed E-state index contributed by atoms with van der Waals surface area (Å²) in [5, 5.41) is 7.80. The summed E-state index contributed by atoms with van der Waals surface area (Å²) in [6.45, 7) is 5.66. The molecule has 0 radical (unpaired) electrons. The van der Waals surface area contributed by atoms with E-state index in [0.29, 0.717) is 6.54 Å². The largest absolute Gasteiger partial charge is 0.377 e. The molecule has 0 aliphatic heterocycles. The van der Waals surface area contributed by atoms with E-state index >= 15 is 0 Å². The van der Waals surface area contributed by atoms with Crippen LogP contribution in [0.1, 0.15) is 25.3 Å². The zero-order chi connectivity index (χ0) is 16.7. The number of thiazole rings is 1. The van der Waals surface area contributed by atoms with Gasteiger partial charge in [0.05, 0.1) is 20.8 Å². The van der Waals surface area contributed by atoms with E-state index in [9.17, 15) is 0 Å². The third-order valence-electron chi connectivity index (χ3n) is 3.66. The number of halogens is 1. The first-order valence-electron chi connectivity index (χ1n) is 7.88. The van der Waals surface area contributed by atoms with Gasteiger partial charge in [0.15, 0.2) is 5.96 Å². The highest BCUT2D eigenvalue weighted by Crippen LogP contribution is 2.22. The van der Waals surface area contributed by atoms with E-state index in [1.807, 2.05) is 19.9 Å². The van der Waals surface area contributed by atoms with E-state index in [0.717, 1.165) is 30.9 Å². The number of para-hydroxylation sites is 1. The van der Waals surface area contributed by atoms with E-state index in [4.69, 9.17) is 4.74 Å². The third kappa shape index (κ3) is 6.52. The lowest BCUT2D eigenvalue weighted by Gasteiger charge is -2.24. The molecule has 1 heterocycles. The minimum atomic E-state index is -0.210. The summed E-state index contributed by atoms with van der Waals surface area (Å²) in [6.07, 6.45) is 2.00. The van der Waals surface area contributed by atoms with Gasteiger partial charge in [-0.25, -0.2) is 4.98 Å². The van der Waals surface area contributed by atoms with E-state index in [1.165, 1.54) is 9.71 Å². The molecule has 1 aromatic heterocycles. The van der Waals surface area contributed by atoms with Crippen LogP contribution in [0.5, 0.6) is 0 Å².